The maximum absolute atomic E-state index is 10.3. The predicted octanol–water partition coefficient (Wildman–Crippen LogP) is 2.92. The SMILES string of the molecule is O[C@H](COc1ccc(OC[C@@H](O)CN2CCCCCC2)cc1)CN1CCCCCC1. The summed E-state index contributed by atoms with van der Waals surface area (Å²) in [5, 5.41) is 20.6. The summed E-state index contributed by atoms with van der Waals surface area (Å²) in [6, 6.07) is 7.43. The van der Waals surface area contributed by atoms with Gasteiger partial charge in [-0.15, -0.1) is 0 Å². The number of β-amino-alcohol motifs (C(OH)–C–C–N with tert-alkyl or cyclic N) is 2. The highest BCUT2D eigenvalue weighted by Gasteiger charge is 2.15. The van der Waals surface area contributed by atoms with Crippen LogP contribution in [-0.2, 0) is 0 Å². The topological polar surface area (TPSA) is 65.4 Å². The first-order valence-corrected chi connectivity index (χ1v) is 11.9. The van der Waals surface area contributed by atoms with Crippen LogP contribution in [0.15, 0.2) is 24.3 Å². The third kappa shape index (κ3) is 8.80. The molecule has 2 fully saturated rings. The zero-order valence-electron chi connectivity index (χ0n) is 18.4. The Morgan fingerprint density at radius 2 is 0.933 bits per heavy atom. The molecule has 0 aliphatic carbocycles. The van der Waals surface area contributed by atoms with E-state index in [-0.39, 0.29) is 0 Å². The summed E-state index contributed by atoms with van der Waals surface area (Å²) in [7, 11) is 0. The minimum atomic E-state index is -0.479. The minimum absolute atomic E-state index is 0.297. The lowest BCUT2D eigenvalue weighted by atomic mass is 10.2. The van der Waals surface area contributed by atoms with E-state index in [0.717, 1.165) is 37.7 Å². The fourth-order valence-electron chi connectivity index (χ4n) is 4.36. The van der Waals surface area contributed by atoms with Gasteiger partial charge in [-0.2, -0.15) is 0 Å². The molecule has 0 saturated carbocycles. The van der Waals surface area contributed by atoms with Crippen LogP contribution in [-0.4, -0.2) is 84.7 Å². The Bertz CT molecular complexity index is 516. The summed E-state index contributed by atoms with van der Waals surface area (Å²) < 4.78 is 11.5. The van der Waals surface area contributed by atoms with Gasteiger partial charge in [-0.25, -0.2) is 0 Å². The third-order valence-corrected chi connectivity index (χ3v) is 6.04. The monoisotopic (exact) mass is 420 g/mol. The molecule has 1 aromatic rings. The van der Waals surface area contributed by atoms with Crippen molar-refractivity contribution in [2.75, 3.05) is 52.5 Å². The number of aliphatic hydroxyl groups excluding tert-OH is 2. The normalized spacial score (nSPS) is 21.4. The molecule has 0 amide bonds. The molecule has 0 radical (unpaired) electrons. The fraction of sp³-hybridized carbons (Fsp3) is 0.750. The standard InChI is InChI=1S/C24H40N2O4/c27-21(17-25-13-5-1-2-6-14-25)19-29-23-9-11-24(12-10-23)30-20-22(28)18-26-15-7-3-4-8-16-26/h9-12,21-22,27-28H,1-8,13-20H2/t21-,22-/m0/s1. The zero-order chi connectivity index (χ0) is 21.0. The van der Waals surface area contributed by atoms with Crippen molar-refractivity contribution in [1.29, 1.82) is 0 Å². The molecular weight excluding hydrogens is 380 g/mol. The van der Waals surface area contributed by atoms with Crippen molar-refractivity contribution in [1.82, 2.24) is 9.80 Å². The first kappa shape index (κ1) is 23.3. The summed E-state index contributed by atoms with van der Waals surface area (Å²) in [6.07, 6.45) is 9.13. The molecular formula is C24H40N2O4. The lowest BCUT2D eigenvalue weighted by molar-refractivity contribution is 0.0680. The van der Waals surface area contributed by atoms with Crippen LogP contribution < -0.4 is 9.47 Å². The molecule has 2 saturated heterocycles. The van der Waals surface area contributed by atoms with E-state index in [1.54, 1.807) is 0 Å². The van der Waals surface area contributed by atoms with Gasteiger partial charge in [0, 0.05) is 13.1 Å². The van der Waals surface area contributed by atoms with Crippen LogP contribution in [0.4, 0.5) is 0 Å². The maximum atomic E-state index is 10.3. The van der Waals surface area contributed by atoms with Gasteiger partial charge in [-0.05, 0) is 76.1 Å². The Morgan fingerprint density at radius 1 is 0.600 bits per heavy atom. The molecule has 2 atom stereocenters. The Labute approximate surface area is 181 Å². The second kappa shape index (κ2) is 13.2. The van der Waals surface area contributed by atoms with Gasteiger partial charge in [0.15, 0.2) is 0 Å². The fourth-order valence-corrected chi connectivity index (χ4v) is 4.36. The summed E-state index contributed by atoms with van der Waals surface area (Å²) in [4.78, 5) is 4.68. The highest BCUT2D eigenvalue weighted by atomic mass is 16.5. The quantitative estimate of drug-likeness (QED) is 0.607. The van der Waals surface area contributed by atoms with Crippen LogP contribution in [0.25, 0.3) is 0 Å². The van der Waals surface area contributed by atoms with Gasteiger partial charge in [-0.3, -0.25) is 0 Å². The third-order valence-electron chi connectivity index (χ3n) is 6.04. The van der Waals surface area contributed by atoms with Crippen molar-refractivity contribution in [3.05, 3.63) is 24.3 Å². The second-order valence-corrected chi connectivity index (χ2v) is 8.83. The largest absolute Gasteiger partial charge is 0.491 e. The number of rotatable bonds is 10. The first-order valence-electron chi connectivity index (χ1n) is 11.9. The number of hydrogen-bond acceptors (Lipinski definition) is 6. The molecule has 6 heteroatoms. The van der Waals surface area contributed by atoms with E-state index in [1.807, 2.05) is 24.3 Å². The summed E-state index contributed by atoms with van der Waals surface area (Å²) in [6.45, 7) is 6.25. The number of hydrogen-bond donors (Lipinski definition) is 2. The van der Waals surface area contributed by atoms with E-state index < -0.39 is 12.2 Å². The molecule has 2 aliphatic heterocycles. The van der Waals surface area contributed by atoms with E-state index in [0.29, 0.717) is 26.3 Å². The van der Waals surface area contributed by atoms with Crippen LogP contribution in [0.3, 0.4) is 0 Å². The molecule has 2 aliphatic rings. The number of benzene rings is 1. The summed E-state index contributed by atoms with van der Waals surface area (Å²) in [5.41, 5.74) is 0. The van der Waals surface area contributed by atoms with Crippen LogP contribution in [0, 0.1) is 0 Å². The van der Waals surface area contributed by atoms with Gasteiger partial charge in [0.05, 0.1) is 0 Å². The first-order chi connectivity index (χ1) is 14.7. The number of nitrogens with zero attached hydrogens (tertiary/aromatic N) is 2. The summed E-state index contributed by atoms with van der Waals surface area (Å²) in [5.74, 6) is 1.45. The van der Waals surface area contributed by atoms with Crippen molar-refractivity contribution >= 4 is 0 Å². The van der Waals surface area contributed by atoms with E-state index in [2.05, 4.69) is 9.80 Å². The van der Waals surface area contributed by atoms with Gasteiger partial charge >= 0.3 is 0 Å². The molecule has 0 bridgehead atoms. The molecule has 2 heterocycles. The molecule has 0 aromatic heterocycles. The average Bonchev–Trinajstić information content (AvgIpc) is 3.16. The maximum Gasteiger partial charge on any atom is 0.119 e. The lowest BCUT2D eigenvalue weighted by Crippen LogP contribution is -2.36. The molecule has 0 spiro atoms. The van der Waals surface area contributed by atoms with Gasteiger partial charge in [-0.1, -0.05) is 25.7 Å². The molecule has 6 nitrogen and oxygen atoms in total. The van der Waals surface area contributed by atoms with Crippen LogP contribution >= 0.6 is 0 Å². The van der Waals surface area contributed by atoms with E-state index >= 15 is 0 Å². The van der Waals surface area contributed by atoms with Gasteiger partial charge < -0.3 is 29.5 Å². The molecule has 1 aromatic carbocycles. The van der Waals surface area contributed by atoms with Gasteiger partial charge in [0.1, 0.15) is 36.9 Å². The predicted molar refractivity (Wildman–Crippen MR) is 119 cm³/mol. The molecule has 2 N–H and O–H groups in total. The van der Waals surface area contributed by atoms with E-state index in [9.17, 15) is 10.2 Å². The average molecular weight is 421 g/mol. The Morgan fingerprint density at radius 3 is 1.27 bits per heavy atom. The number of likely N-dealkylation sites (tertiary alicyclic amines) is 2. The second-order valence-electron chi connectivity index (χ2n) is 8.83. The van der Waals surface area contributed by atoms with Crippen molar-refractivity contribution in [2.24, 2.45) is 0 Å². The number of ether oxygens (including phenoxy) is 2. The molecule has 0 unspecified atom stereocenters. The highest BCUT2D eigenvalue weighted by molar-refractivity contribution is 5.31. The van der Waals surface area contributed by atoms with Crippen molar-refractivity contribution in [3.63, 3.8) is 0 Å². The van der Waals surface area contributed by atoms with Gasteiger partial charge in [0.2, 0.25) is 0 Å². The molecule has 170 valence electrons. The van der Waals surface area contributed by atoms with Crippen molar-refractivity contribution in [2.45, 2.75) is 63.6 Å². The van der Waals surface area contributed by atoms with Gasteiger partial charge in [0.25, 0.3) is 0 Å². The Hall–Kier alpha value is -1.34. The smallest absolute Gasteiger partial charge is 0.119 e. The lowest BCUT2D eigenvalue weighted by Gasteiger charge is -2.23. The summed E-state index contributed by atoms with van der Waals surface area (Å²) >= 11 is 0. The molecule has 30 heavy (non-hydrogen) atoms. The zero-order valence-corrected chi connectivity index (χ0v) is 18.4. The Balaban J connectivity index is 1.32. The van der Waals surface area contributed by atoms with Crippen molar-refractivity contribution < 1.29 is 19.7 Å². The molecule has 3 rings (SSSR count). The van der Waals surface area contributed by atoms with Crippen molar-refractivity contribution in [3.8, 4) is 11.5 Å². The van der Waals surface area contributed by atoms with E-state index in [1.165, 1.54) is 51.4 Å². The minimum Gasteiger partial charge on any atom is -0.491 e. The van der Waals surface area contributed by atoms with Crippen LogP contribution in [0.2, 0.25) is 0 Å². The number of aliphatic hydroxyl groups is 2. The Kier molecular flexibility index (Phi) is 10.2. The highest BCUT2D eigenvalue weighted by Crippen LogP contribution is 2.18. The van der Waals surface area contributed by atoms with E-state index in [4.69, 9.17) is 9.47 Å². The van der Waals surface area contributed by atoms with Crippen LogP contribution in [0.1, 0.15) is 51.4 Å². The van der Waals surface area contributed by atoms with Crippen LogP contribution in [0.5, 0.6) is 11.5 Å².